The highest BCUT2D eigenvalue weighted by Crippen LogP contribution is 2.33. The Balaban J connectivity index is 1.23. The van der Waals surface area contributed by atoms with Gasteiger partial charge in [-0.15, -0.1) is 0 Å². The van der Waals surface area contributed by atoms with Gasteiger partial charge in [-0.2, -0.15) is 0 Å². The van der Waals surface area contributed by atoms with Crippen LogP contribution in [0.1, 0.15) is 23.6 Å². The van der Waals surface area contributed by atoms with E-state index in [1.54, 1.807) is 31.3 Å². The molecule has 0 aromatic heterocycles. The first-order chi connectivity index (χ1) is 19.2. The molecule has 3 aromatic carbocycles. The van der Waals surface area contributed by atoms with Crippen LogP contribution in [0.15, 0.2) is 85.0 Å². The summed E-state index contributed by atoms with van der Waals surface area (Å²) in [6.07, 6.45) is 2.66. The van der Waals surface area contributed by atoms with Crippen molar-refractivity contribution in [2.75, 3.05) is 26.9 Å². The molecule has 0 aliphatic carbocycles. The number of benzene rings is 3. The topological polar surface area (TPSA) is 89.9 Å². The van der Waals surface area contributed by atoms with E-state index in [1.807, 2.05) is 12.1 Å². The Morgan fingerprint density at radius 1 is 0.875 bits per heavy atom. The van der Waals surface area contributed by atoms with E-state index in [9.17, 15) is 10.2 Å². The summed E-state index contributed by atoms with van der Waals surface area (Å²) in [5.74, 6) is 0.887. The van der Waals surface area contributed by atoms with Crippen molar-refractivity contribution in [3.8, 4) is 22.6 Å². The maximum atomic E-state index is 9.96. The van der Waals surface area contributed by atoms with Crippen LogP contribution in [0.5, 0.6) is 11.5 Å². The zero-order chi connectivity index (χ0) is 28.3. The standard InChI is InChI=1S/C31H34BNO7/c1-21-12-27(38-20-31(3)18-36-19-31)13-22(2)30(21)24-7-5-6-23(14-24)17-37-26-10-8-25(9-11-26)32-39-28(34)15-33(4)16-29(35)40-32/h5-16,34-35H,17-20H2,1-4H3/b28-15-,29-16?. The molecule has 5 rings (SSSR count). The molecule has 1 fully saturated rings. The lowest BCUT2D eigenvalue weighted by Crippen LogP contribution is -2.44. The highest BCUT2D eigenvalue weighted by Gasteiger charge is 2.34. The van der Waals surface area contributed by atoms with Crippen molar-refractivity contribution in [2.24, 2.45) is 5.41 Å². The minimum absolute atomic E-state index is 0.100. The highest BCUT2D eigenvalue weighted by molar-refractivity contribution is 6.61. The molecule has 2 heterocycles. The summed E-state index contributed by atoms with van der Waals surface area (Å²) in [4.78, 5) is 1.42. The fraction of sp³-hybridized carbons (Fsp3) is 0.290. The predicted octanol–water partition coefficient (Wildman–Crippen LogP) is 5.35. The maximum absolute atomic E-state index is 9.96. The Hall–Kier alpha value is -4.24. The Morgan fingerprint density at radius 2 is 1.52 bits per heavy atom. The van der Waals surface area contributed by atoms with Gasteiger partial charge in [-0.3, -0.25) is 0 Å². The third-order valence-corrected chi connectivity index (χ3v) is 6.85. The number of ether oxygens (including phenoxy) is 3. The lowest BCUT2D eigenvalue weighted by molar-refractivity contribution is -0.120. The van der Waals surface area contributed by atoms with Crippen LogP contribution >= 0.6 is 0 Å². The first kappa shape index (κ1) is 27.3. The van der Waals surface area contributed by atoms with Crippen LogP contribution in [0.25, 0.3) is 11.1 Å². The van der Waals surface area contributed by atoms with Gasteiger partial charge >= 0.3 is 7.12 Å². The van der Waals surface area contributed by atoms with Gasteiger partial charge in [0.2, 0.25) is 0 Å². The van der Waals surface area contributed by atoms with Crippen LogP contribution < -0.4 is 14.9 Å². The van der Waals surface area contributed by atoms with Crippen LogP contribution in [-0.4, -0.2) is 49.1 Å². The van der Waals surface area contributed by atoms with Crippen LogP contribution in [-0.2, 0) is 20.7 Å². The molecule has 1 saturated heterocycles. The number of aliphatic hydroxyl groups excluding tert-OH is 2. The van der Waals surface area contributed by atoms with Crippen molar-refractivity contribution in [3.05, 3.63) is 102 Å². The molecular formula is C31H34BNO7. The molecular weight excluding hydrogens is 509 g/mol. The van der Waals surface area contributed by atoms with Gasteiger partial charge in [0.1, 0.15) is 18.1 Å². The largest absolute Gasteiger partial charge is 0.636 e. The van der Waals surface area contributed by atoms with Crippen LogP contribution in [0.3, 0.4) is 0 Å². The van der Waals surface area contributed by atoms with Crippen molar-refractivity contribution in [2.45, 2.75) is 27.4 Å². The zero-order valence-corrected chi connectivity index (χ0v) is 23.2. The molecule has 0 radical (unpaired) electrons. The highest BCUT2D eigenvalue weighted by atomic mass is 16.7. The number of nitrogens with zero attached hydrogens (tertiary/aromatic N) is 1. The van der Waals surface area contributed by atoms with E-state index in [1.165, 1.54) is 22.9 Å². The summed E-state index contributed by atoms with van der Waals surface area (Å²) in [6.45, 7) is 8.93. The van der Waals surface area contributed by atoms with Crippen molar-refractivity contribution in [1.82, 2.24) is 4.90 Å². The Labute approximate surface area is 235 Å². The fourth-order valence-corrected chi connectivity index (χ4v) is 4.78. The Kier molecular flexibility index (Phi) is 7.84. The number of hydrogen-bond donors (Lipinski definition) is 2. The smallest absolute Gasteiger partial charge is 0.494 e. The van der Waals surface area contributed by atoms with E-state index in [0.29, 0.717) is 24.4 Å². The van der Waals surface area contributed by atoms with Gasteiger partial charge in [-0.25, -0.2) is 0 Å². The second-order valence-electron chi connectivity index (χ2n) is 10.8. The van der Waals surface area contributed by atoms with E-state index < -0.39 is 7.12 Å². The number of hydrogen-bond acceptors (Lipinski definition) is 8. The van der Waals surface area contributed by atoms with Gasteiger partial charge < -0.3 is 38.6 Å². The van der Waals surface area contributed by atoms with Gasteiger partial charge in [0.25, 0.3) is 11.9 Å². The van der Waals surface area contributed by atoms with Gasteiger partial charge in [0.15, 0.2) is 0 Å². The summed E-state index contributed by atoms with van der Waals surface area (Å²) in [7, 11) is 0.619. The molecule has 9 heteroatoms. The molecule has 2 aliphatic heterocycles. The zero-order valence-electron chi connectivity index (χ0n) is 23.2. The normalized spacial score (nSPS) is 17.7. The minimum atomic E-state index is -1.01. The van der Waals surface area contributed by atoms with Gasteiger partial charge in [0.05, 0.1) is 32.2 Å². The van der Waals surface area contributed by atoms with E-state index >= 15 is 0 Å². The van der Waals surface area contributed by atoms with Crippen LogP contribution in [0, 0.1) is 19.3 Å². The monoisotopic (exact) mass is 543 g/mol. The number of aliphatic hydroxyl groups is 2. The average molecular weight is 543 g/mol. The molecule has 3 aromatic rings. The lowest BCUT2D eigenvalue weighted by Gasteiger charge is -2.37. The number of aryl methyl sites for hydroxylation is 2. The van der Waals surface area contributed by atoms with Crippen molar-refractivity contribution < 1.29 is 33.7 Å². The van der Waals surface area contributed by atoms with Gasteiger partial charge in [-0.1, -0.05) is 37.3 Å². The summed E-state index contributed by atoms with van der Waals surface area (Å²) in [5, 5.41) is 19.9. The molecule has 0 saturated carbocycles. The molecule has 0 atom stereocenters. The quantitative estimate of drug-likeness (QED) is 0.368. The molecule has 8 nitrogen and oxygen atoms in total. The Morgan fingerprint density at radius 3 is 2.12 bits per heavy atom. The third-order valence-electron chi connectivity index (χ3n) is 6.85. The van der Waals surface area contributed by atoms with E-state index in [-0.39, 0.29) is 17.3 Å². The van der Waals surface area contributed by atoms with Crippen LogP contribution in [0.2, 0.25) is 0 Å². The number of rotatable bonds is 8. The summed E-state index contributed by atoms with van der Waals surface area (Å²) in [6, 6.07) is 19.6. The van der Waals surface area contributed by atoms with Gasteiger partial charge in [0, 0.05) is 17.9 Å². The lowest BCUT2D eigenvalue weighted by atomic mass is 9.79. The second kappa shape index (κ2) is 11.5. The average Bonchev–Trinajstić information content (AvgIpc) is 2.88. The fourth-order valence-electron chi connectivity index (χ4n) is 4.78. The first-order valence-corrected chi connectivity index (χ1v) is 13.2. The van der Waals surface area contributed by atoms with E-state index in [2.05, 4.69) is 45.0 Å². The Bertz CT molecular complexity index is 1370. The summed E-state index contributed by atoms with van der Waals surface area (Å²) < 4.78 is 28.3. The summed E-state index contributed by atoms with van der Waals surface area (Å²) in [5.41, 5.74) is 6.38. The summed E-state index contributed by atoms with van der Waals surface area (Å²) >= 11 is 0. The minimum Gasteiger partial charge on any atom is -0.494 e. The van der Waals surface area contributed by atoms with Crippen molar-refractivity contribution in [1.29, 1.82) is 0 Å². The van der Waals surface area contributed by atoms with E-state index in [4.69, 9.17) is 23.5 Å². The molecule has 0 amide bonds. The van der Waals surface area contributed by atoms with Crippen LogP contribution in [0.4, 0.5) is 0 Å². The van der Waals surface area contributed by atoms with Crippen molar-refractivity contribution in [3.63, 3.8) is 0 Å². The van der Waals surface area contributed by atoms with Crippen molar-refractivity contribution >= 4 is 12.6 Å². The molecule has 2 aliphatic rings. The molecule has 0 bridgehead atoms. The van der Waals surface area contributed by atoms with E-state index in [0.717, 1.165) is 41.2 Å². The third kappa shape index (κ3) is 6.48. The SMILES string of the molecule is Cc1cc(OCC2(C)COC2)cc(C)c1-c1cccc(COc2ccc(B3OC(O)=CN(C)/C=C(/O)O3)cc2)c1. The predicted molar refractivity (Wildman–Crippen MR) is 153 cm³/mol. The first-order valence-electron chi connectivity index (χ1n) is 13.2. The van der Waals surface area contributed by atoms with Gasteiger partial charge in [-0.05, 0) is 72.0 Å². The molecule has 0 spiro atoms. The molecule has 2 N–H and O–H groups in total. The molecule has 40 heavy (non-hydrogen) atoms. The molecule has 0 unspecified atom stereocenters. The maximum Gasteiger partial charge on any atom is 0.636 e. The molecule has 208 valence electrons. The second-order valence-corrected chi connectivity index (χ2v) is 10.8.